The molecule has 0 aromatic carbocycles. The molecule has 4 aliphatic carbocycles. The van der Waals surface area contributed by atoms with Crippen LogP contribution in [0.3, 0.4) is 0 Å². The molecule has 0 bridgehead atoms. The van der Waals surface area contributed by atoms with Crippen LogP contribution in [0.15, 0.2) is 22.8 Å². The van der Waals surface area contributed by atoms with Crippen LogP contribution in [0.2, 0.25) is 0 Å². The van der Waals surface area contributed by atoms with Gasteiger partial charge in [0.1, 0.15) is 6.10 Å². The Morgan fingerprint density at radius 2 is 1.81 bits per heavy atom. The minimum Gasteiger partial charge on any atom is -0.462 e. The minimum absolute atomic E-state index is 0.109. The van der Waals surface area contributed by atoms with Crippen LogP contribution in [0.25, 0.3) is 0 Å². The number of allylic oxidation sites excluding steroid dienone is 3. The number of carbonyl (C=O) groups is 1. The molecule has 0 spiro atoms. The summed E-state index contributed by atoms with van der Waals surface area (Å²) < 4.78 is 5.62. The van der Waals surface area contributed by atoms with Crippen LogP contribution in [0.1, 0.15) is 113 Å². The standard InChI is InChI=1S/C30H48O2/c1-19(2)20(3)8-9-21(4)26-12-13-27-25-11-10-23-18-24(32-22(5)31)14-16-29(23,6)28(25)15-17-30(26,27)7/h10,21,24-28H,8-9,11-18H2,1-7H3/t21-,24-,25?,26?,27?,28?,29-,30+/m0/s1. The second kappa shape index (κ2) is 8.95. The van der Waals surface area contributed by atoms with Crippen molar-refractivity contribution in [2.45, 2.75) is 119 Å². The van der Waals surface area contributed by atoms with E-state index in [4.69, 9.17) is 4.74 Å². The Hall–Kier alpha value is -1.05. The molecule has 180 valence electrons. The molecule has 0 aromatic heterocycles. The van der Waals surface area contributed by atoms with Gasteiger partial charge in [-0.1, -0.05) is 43.6 Å². The normalized spacial score (nSPS) is 41.6. The molecule has 0 saturated heterocycles. The molecule has 0 radical (unpaired) electrons. The average molecular weight is 441 g/mol. The summed E-state index contributed by atoms with van der Waals surface area (Å²) in [6.07, 6.45) is 15.5. The number of ether oxygens (including phenoxy) is 1. The molecule has 4 aliphatic rings. The van der Waals surface area contributed by atoms with Gasteiger partial charge in [0.2, 0.25) is 0 Å². The lowest BCUT2D eigenvalue weighted by atomic mass is 9.47. The molecule has 0 aliphatic heterocycles. The van der Waals surface area contributed by atoms with E-state index in [2.05, 4.69) is 47.6 Å². The van der Waals surface area contributed by atoms with E-state index >= 15 is 0 Å². The predicted octanol–water partition coefficient (Wildman–Crippen LogP) is 8.27. The van der Waals surface area contributed by atoms with Crippen molar-refractivity contribution < 1.29 is 9.53 Å². The Morgan fingerprint density at radius 3 is 2.50 bits per heavy atom. The van der Waals surface area contributed by atoms with Crippen molar-refractivity contribution in [1.29, 1.82) is 0 Å². The first kappa shape index (κ1) is 24.1. The van der Waals surface area contributed by atoms with Crippen molar-refractivity contribution in [3.63, 3.8) is 0 Å². The maximum Gasteiger partial charge on any atom is 0.302 e. The van der Waals surface area contributed by atoms with Gasteiger partial charge in [-0.3, -0.25) is 4.79 Å². The predicted molar refractivity (Wildman–Crippen MR) is 133 cm³/mol. The molecule has 2 nitrogen and oxygen atoms in total. The topological polar surface area (TPSA) is 26.3 Å². The van der Waals surface area contributed by atoms with E-state index in [0.717, 1.165) is 42.4 Å². The lowest BCUT2D eigenvalue weighted by molar-refractivity contribution is -0.148. The van der Waals surface area contributed by atoms with Gasteiger partial charge in [-0.15, -0.1) is 0 Å². The van der Waals surface area contributed by atoms with Crippen LogP contribution in [0.4, 0.5) is 0 Å². The maximum absolute atomic E-state index is 11.5. The van der Waals surface area contributed by atoms with Gasteiger partial charge < -0.3 is 4.74 Å². The Balaban J connectivity index is 1.48. The highest BCUT2D eigenvalue weighted by molar-refractivity contribution is 5.66. The number of esters is 1. The molecule has 2 heteroatoms. The summed E-state index contributed by atoms with van der Waals surface area (Å²) in [4.78, 5) is 11.5. The van der Waals surface area contributed by atoms with E-state index in [1.54, 1.807) is 18.1 Å². The Labute approximate surface area is 197 Å². The van der Waals surface area contributed by atoms with Crippen LogP contribution in [0, 0.1) is 40.4 Å². The molecule has 8 atom stereocenters. The maximum atomic E-state index is 11.5. The van der Waals surface area contributed by atoms with Gasteiger partial charge in [-0.2, -0.15) is 0 Å². The van der Waals surface area contributed by atoms with Crippen molar-refractivity contribution in [2.75, 3.05) is 0 Å². The number of fused-ring (bicyclic) bond motifs is 5. The third kappa shape index (κ3) is 4.14. The van der Waals surface area contributed by atoms with E-state index in [-0.39, 0.29) is 12.1 Å². The first-order chi connectivity index (χ1) is 15.1. The molecule has 4 unspecified atom stereocenters. The molecule has 3 fully saturated rings. The third-order valence-electron chi connectivity index (χ3n) is 11.0. The van der Waals surface area contributed by atoms with Gasteiger partial charge in [-0.05, 0) is 119 Å². The van der Waals surface area contributed by atoms with Crippen molar-refractivity contribution in [1.82, 2.24) is 0 Å². The SMILES string of the molecule is CC(=O)O[C@H]1CC[C@@]2(C)C(=CCC3C4CCC([C@@H](C)CCC(C)=C(C)C)[C@@]4(C)CCC32)C1. The monoisotopic (exact) mass is 440 g/mol. The summed E-state index contributed by atoms with van der Waals surface area (Å²) >= 11 is 0. The van der Waals surface area contributed by atoms with E-state index in [9.17, 15) is 4.79 Å². The number of carbonyl (C=O) groups excluding carboxylic acids is 1. The lowest BCUT2D eigenvalue weighted by Crippen LogP contribution is -2.51. The minimum atomic E-state index is -0.118. The summed E-state index contributed by atoms with van der Waals surface area (Å²) in [5.74, 6) is 4.22. The smallest absolute Gasteiger partial charge is 0.302 e. The summed E-state index contributed by atoms with van der Waals surface area (Å²) in [7, 11) is 0. The Morgan fingerprint density at radius 1 is 1.06 bits per heavy atom. The quantitative estimate of drug-likeness (QED) is 0.317. The zero-order valence-corrected chi connectivity index (χ0v) is 21.9. The Bertz CT molecular complexity index is 787. The van der Waals surface area contributed by atoms with E-state index < -0.39 is 0 Å². The lowest BCUT2D eigenvalue weighted by Gasteiger charge is -2.58. The van der Waals surface area contributed by atoms with Gasteiger partial charge in [0.05, 0.1) is 0 Å². The fourth-order valence-electron chi connectivity index (χ4n) is 8.83. The summed E-state index contributed by atoms with van der Waals surface area (Å²) in [5.41, 5.74) is 5.60. The highest BCUT2D eigenvalue weighted by Crippen LogP contribution is 2.67. The molecule has 4 rings (SSSR count). The van der Waals surface area contributed by atoms with Crippen LogP contribution >= 0.6 is 0 Å². The zero-order chi connectivity index (χ0) is 23.3. The van der Waals surface area contributed by atoms with E-state index in [1.165, 1.54) is 56.9 Å². The van der Waals surface area contributed by atoms with Crippen molar-refractivity contribution in [3.05, 3.63) is 22.8 Å². The number of hydrogen-bond donors (Lipinski definition) is 0. The van der Waals surface area contributed by atoms with Crippen molar-refractivity contribution >= 4 is 5.97 Å². The second-order valence-corrected chi connectivity index (χ2v) is 12.8. The van der Waals surface area contributed by atoms with Gasteiger partial charge in [0, 0.05) is 13.3 Å². The largest absolute Gasteiger partial charge is 0.462 e. The van der Waals surface area contributed by atoms with Crippen molar-refractivity contribution in [3.8, 4) is 0 Å². The molecule has 0 aromatic rings. The number of hydrogen-bond acceptors (Lipinski definition) is 2. The highest BCUT2D eigenvalue weighted by atomic mass is 16.5. The fraction of sp³-hybridized carbons (Fsp3) is 0.833. The van der Waals surface area contributed by atoms with Crippen LogP contribution in [-0.2, 0) is 9.53 Å². The first-order valence-corrected chi connectivity index (χ1v) is 13.6. The van der Waals surface area contributed by atoms with Gasteiger partial charge in [0.25, 0.3) is 0 Å². The second-order valence-electron chi connectivity index (χ2n) is 12.8. The third-order valence-corrected chi connectivity index (χ3v) is 11.0. The highest BCUT2D eigenvalue weighted by Gasteiger charge is 2.59. The molecular formula is C30H48O2. The molecule has 32 heavy (non-hydrogen) atoms. The summed E-state index contributed by atoms with van der Waals surface area (Å²) in [6.45, 7) is 16.2. The number of rotatable bonds is 5. The molecule has 0 N–H and O–H groups in total. The molecule has 0 heterocycles. The summed E-state index contributed by atoms with van der Waals surface area (Å²) in [5, 5.41) is 0. The first-order valence-electron chi connectivity index (χ1n) is 13.6. The zero-order valence-electron chi connectivity index (χ0n) is 21.9. The Kier molecular flexibility index (Phi) is 6.74. The van der Waals surface area contributed by atoms with Crippen LogP contribution in [-0.4, -0.2) is 12.1 Å². The summed E-state index contributed by atoms with van der Waals surface area (Å²) in [6, 6.07) is 0. The van der Waals surface area contributed by atoms with Crippen LogP contribution < -0.4 is 0 Å². The van der Waals surface area contributed by atoms with Gasteiger partial charge >= 0.3 is 5.97 Å². The van der Waals surface area contributed by atoms with Crippen molar-refractivity contribution in [2.24, 2.45) is 40.4 Å². The molecule has 3 saturated carbocycles. The van der Waals surface area contributed by atoms with E-state index in [0.29, 0.717) is 10.8 Å². The van der Waals surface area contributed by atoms with Gasteiger partial charge in [-0.25, -0.2) is 0 Å². The average Bonchev–Trinajstić information content (AvgIpc) is 3.08. The van der Waals surface area contributed by atoms with E-state index in [1.807, 2.05) is 0 Å². The molecule has 0 amide bonds. The molecular weight excluding hydrogens is 392 g/mol. The fourth-order valence-corrected chi connectivity index (χ4v) is 8.83. The van der Waals surface area contributed by atoms with Crippen LogP contribution in [0.5, 0.6) is 0 Å². The van der Waals surface area contributed by atoms with Gasteiger partial charge in [0.15, 0.2) is 0 Å².